The molecule has 0 fully saturated rings. The summed E-state index contributed by atoms with van der Waals surface area (Å²) in [6, 6.07) is 9.39. The minimum Gasteiger partial charge on any atom is -0.394 e. The monoisotopic (exact) mass is 368 g/mol. The number of anilines is 1. The molecule has 3 aromatic rings. The van der Waals surface area contributed by atoms with Crippen LogP contribution >= 0.6 is 0 Å². The average molecular weight is 368 g/mol. The molecule has 0 amide bonds. The number of rotatable bonds is 3. The molecule has 0 aliphatic carbocycles. The van der Waals surface area contributed by atoms with Crippen molar-refractivity contribution in [2.75, 3.05) is 18.2 Å². The van der Waals surface area contributed by atoms with E-state index in [1.165, 1.54) is 11.6 Å². The first-order valence-electron chi connectivity index (χ1n) is 8.66. The number of imidazole rings is 1. The Bertz CT molecular complexity index is 1170. The highest BCUT2D eigenvalue weighted by atomic mass is 16.3. The number of aliphatic hydroxyl groups is 1. The van der Waals surface area contributed by atoms with E-state index in [4.69, 9.17) is 0 Å². The molecule has 1 N–H and O–H groups in total. The molecule has 0 bridgehead atoms. The molecule has 9 heteroatoms. The van der Waals surface area contributed by atoms with Crippen LogP contribution in [0.1, 0.15) is 18.5 Å². The standard InChI is InChI=1S/C18H20N6O3/c1-11-13(12-7-5-4-6-8-12)20-23(9-10-25)17-19-15-14(24(11)17)16(26)22(3)18(27)21(15)2/h4-8,11,25H,9-10H2,1-3H3/t11-/m1/s1. The van der Waals surface area contributed by atoms with E-state index in [0.717, 1.165) is 15.8 Å². The Kier molecular flexibility index (Phi) is 3.96. The third-order valence-corrected chi connectivity index (χ3v) is 4.90. The van der Waals surface area contributed by atoms with Gasteiger partial charge < -0.3 is 5.11 Å². The Morgan fingerprint density at radius 1 is 1.11 bits per heavy atom. The molecule has 1 aromatic carbocycles. The van der Waals surface area contributed by atoms with Crippen LogP contribution in [0.4, 0.5) is 5.95 Å². The number of aliphatic hydroxyl groups excluding tert-OH is 1. The van der Waals surface area contributed by atoms with Crippen molar-refractivity contribution in [3.05, 3.63) is 56.7 Å². The first-order chi connectivity index (χ1) is 13.0. The second kappa shape index (κ2) is 6.20. The fourth-order valence-electron chi connectivity index (χ4n) is 3.49. The van der Waals surface area contributed by atoms with Crippen LogP contribution in [0.25, 0.3) is 11.2 Å². The van der Waals surface area contributed by atoms with Gasteiger partial charge in [-0.1, -0.05) is 30.3 Å². The quantitative estimate of drug-likeness (QED) is 0.713. The SMILES string of the molecule is C[C@@H]1C(c2ccccc2)=NN(CCO)c2nc3c(c(=O)n(C)c(=O)n3C)n21. The molecule has 0 saturated heterocycles. The smallest absolute Gasteiger partial charge is 0.332 e. The third-order valence-electron chi connectivity index (χ3n) is 4.90. The summed E-state index contributed by atoms with van der Waals surface area (Å²) in [6.07, 6.45) is 0. The van der Waals surface area contributed by atoms with Crippen molar-refractivity contribution < 1.29 is 5.11 Å². The summed E-state index contributed by atoms with van der Waals surface area (Å²) in [5.41, 5.74) is 1.48. The predicted molar refractivity (Wildman–Crippen MR) is 102 cm³/mol. The molecule has 1 aliphatic heterocycles. The van der Waals surface area contributed by atoms with Gasteiger partial charge in [0, 0.05) is 14.1 Å². The summed E-state index contributed by atoms with van der Waals surface area (Å²) in [5, 5.41) is 15.7. The second-order valence-electron chi connectivity index (χ2n) is 6.53. The third kappa shape index (κ3) is 2.42. The van der Waals surface area contributed by atoms with Gasteiger partial charge in [0.05, 0.1) is 24.9 Å². The molecular formula is C18H20N6O3. The van der Waals surface area contributed by atoms with Crippen molar-refractivity contribution in [3.8, 4) is 0 Å². The minimum absolute atomic E-state index is 0.125. The molecule has 0 saturated carbocycles. The number of hydrazone groups is 1. The van der Waals surface area contributed by atoms with Crippen LogP contribution in [0.5, 0.6) is 0 Å². The molecule has 9 nitrogen and oxygen atoms in total. The van der Waals surface area contributed by atoms with Gasteiger partial charge in [0.2, 0.25) is 5.95 Å². The average Bonchev–Trinajstić information content (AvgIpc) is 3.09. The highest BCUT2D eigenvalue weighted by molar-refractivity contribution is 6.05. The van der Waals surface area contributed by atoms with Crippen molar-refractivity contribution in [1.82, 2.24) is 18.7 Å². The number of aryl methyl sites for hydroxylation is 1. The van der Waals surface area contributed by atoms with Crippen LogP contribution < -0.4 is 16.3 Å². The van der Waals surface area contributed by atoms with E-state index in [2.05, 4.69) is 10.1 Å². The summed E-state index contributed by atoms with van der Waals surface area (Å²) in [5.74, 6) is 0.435. The number of nitrogens with zero attached hydrogens (tertiary/aromatic N) is 6. The van der Waals surface area contributed by atoms with E-state index in [-0.39, 0.29) is 19.2 Å². The molecule has 140 valence electrons. The van der Waals surface area contributed by atoms with Crippen LogP contribution in [0.2, 0.25) is 0 Å². The Morgan fingerprint density at radius 2 is 1.81 bits per heavy atom. The highest BCUT2D eigenvalue weighted by Gasteiger charge is 2.32. The molecule has 27 heavy (non-hydrogen) atoms. The summed E-state index contributed by atoms with van der Waals surface area (Å²) in [7, 11) is 3.04. The molecule has 1 atom stereocenters. The van der Waals surface area contributed by atoms with E-state index in [1.807, 2.05) is 37.3 Å². The van der Waals surface area contributed by atoms with E-state index >= 15 is 0 Å². The van der Waals surface area contributed by atoms with Gasteiger partial charge in [-0.2, -0.15) is 10.1 Å². The molecule has 3 heterocycles. The number of hydrogen-bond donors (Lipinski definition) is 1. The van der Waals surface area contributed by atoms with Gasteiger partial charge in [-0.15, -0.1) is 0 Å². The van der Waals surface area contributed by atoms with Gasteiger partial charge in [-0.25, -0.2) is 9.80 Å². The summed E-state index contributed by atoms with van der Waals surface area (Å²) < 4.78 is 4.23. The Hall–Kier alpha value is -3.20. The van der Waals surface area contributed by atoms with Crippen LogP contribution in [0, 0.1) is 0 Å². The summed E-state index contributed by atoms with van der Waals surface area (Å²) in [6.45, 7) is 2.04. The molecule has 1 aliphatic rings. The molecule has 0 radical (unpaired) electrons. The largest absolute Gasteiger partial charge is 0.394 e. The van der Waals surface area contributed by atoms with Gasteiger partial charge in [0.15, 0.2) is 11.2 Å². The number of hydrogen-bond acceptors (Lipinski definition) is 6. The summed E-state index contributed by atoms with van der Waals surface area (Å²) >= 11 is 0. The highest BCUT2D eigenvalue weighted by Crippen LogP contribution is 2.31. The molecule has 0 unspecified atom stereocenters. The van der Waals surface area contributed by atoms with Crippen molar-refractivity contribution in [1.29, 1.82) is 0 Å². The zero-order valence-electron chi connectivity index (χ0n) is 15.3. The van der Waals surface area contributed by atoms with Gasteiger partial charge in [-0.3, -0.25) is 18.5 Å². The topological polar surface area (TPSA) is 97.7 Å². The Balaban J connectivity index is 2.05. The van der Waals surface area contributed by atoms with E-state index < -0.39 is 11.2 Å². The molecule has 0 spiro atoms. The minimum atomic E-state index is -0.437. The van der Waals surface area contributed by atoms with Gasteiger partial charge >= 0.3 is 5.69 Å². The van der Waals surface area contributed by atoms with Crippen LogP contribution in [0.15, 0.2) is 45.0 Å². The normalized spacial score (nSPS) is 16.5. The van der Waals surface area contributed by atoms with Crippen molar-refractivity contribution in [2.24, 2.45) is 19.2 Å². The maximum absolute atomic E-state index is 12.9. The van der Waals surface area contributed by atoms with Gasteiger partial charge in [-0.05, 0) is 12.5 Å². The van der Waals surface area contributed by atoms with Gasteiger partial charge in [0.25, 0.3) is 5.56 Å². The second-order valence-corrected chi connectivity index (χ2v) is 6.53. The maximum atomic E-state index is 12.9. The molecule has 2 aromatic heterocycles. The maximum Gasteiger partial charge on any atom is 0.332 e. The van der Waals surface area contributed by atoms with Crippen molar-refractivity contribution in [2.45, 2.75) is 13.0 Å². The predicted octanol–water partition coefficient (Wildman–Crippen LogP) is 0.211. The zero-order valence-corrected chi connectivity index (χ0v) is 15.3. The number of aromatic nitrogens is 4. The first kappa shape index (κ1) is 17.2. The van der Waals surface area contributed by atoms with Crippen molar-refractivity contribution >= 4 is 22.8 Å². The molecule has 4 rings (SSSR count). The number of fused-ring (bicyclic) bond motifs is 3. The Labute approximate surface area is 154 Å². The lowest BCUT2D eigenvalue weighted by Crippen LogP contribution is -2.39. The van der Waals surface area contributed by atoms with Gasteiger partial charge in [0.1, 0.15) is 0 Å². The van der Waals surface area contributed by atoms with Crippen LogP contribution in [0.3, 0.4) is 0 Å². The fourth-order valence-corrected chi connectivity index (χ4v) is 3.49. The lowest BCUT2D eigenvalue weighted by atomic mass is 10.0. The lowest BCUT2D eigenvalue weighted by molar-refractivity contribution is 0.300. The molecular weight excluding hydrogens is 348 g/mol. The zero-order chi connectivity index (χ0) is 19.3. The van der Waals surface area contributed by atoms with E-state index in [0.29, 0.717) is 17.1 Å². The van der Waals surface area contributed by atoms with E-state index in [1.54, 1.807) is 16.6 Å². The van der Waals surface area contributed by atoms with Crippen molar-refractivity contribution in [3.63, 3.8) is 0 Å². The van der Waals surface area contributed by atoms with E-state index in [9.17, 15) is 14.7 Å². The number of benzene rings is 1. The first-order valence-corrected chi connectivity index (χ1v) is 8.66. The number of β-amino-alcohol motifs (C(OH)–C–C–N with tert-alkyl or cyclic N) is 1. The van der Waals surface area contributed by atoms with Crippen LogP contribution in [-0.4, -0.2) is 42.7 Å². The fraction of sp³-hybridized carbons (Fsp3) is 0.333. The Morgan fingerprint density at radius 3 is 2.48 bits per heavy atom. The van der Waals surface area contributed by atoms with Crippen LogP contribution in [-0.2, 0) is 14.1 Å². The lowest BCUT2D eigenvalue weighted by Gasteiger charge is -2.30. The summed E-state index contributed by atoms with van der Waals surface area (Å²) in [4.78, 5) is 29.7.